The van der Waals surface area contributed by atoms with E-state index in [-0.39, 0.29) is 5.97 Å². The van der Waals surface area contributed by atoms with Crippen LogP contribution in [0, 0.1) is 5.92 Å². The van der Waals surface area contributed by atoms with Crippen molar-refractivity contribution in [1.29, 1.82) is 0 Å². The Kier molecular flexibility index (Phi) is 9.51. The van der Waals surface area contributed by atoms with Crippen LogP contribution in [-0.2, 0) is 9.53 Å². The number of carbonyl (C=O) groups is 1. The average molecular weight is 347 g/mol. The third kappa shape index (κ3) is 8.87. The summed E-state index contributed by atoms with van der Waals surface area (Å²) >= 11 is 0. The Morgan fingerprint density at radius 2 is 1.92 bits per heavy atom. The predicted molar refractivity (Wildman–Crippen MR) is 104 cm³/mol. The molecule has 0 aromatic carbocycles. The fourth-order valence-electron chi connectivity index (χ4n) is 2.94. The summed E-state index contributed by atoms with van der Waals surface area (Å²) in [4.78, 5) is 11.1. The highest BCUT2D eigenvalue weighted by Crippen LogP contribution is 2.25. The first kappa shape index (κ1) is 21.4. The zero-order valence-corrected chi connectivity index (χ0v) is 16.3. The molecule has 0 amide bonds. The van der Waals surface area contributed by atoms with Crippen LogP contribution in [0.3, 0.4) is 0 Å². The van der Waals surface area contributed by atoms with E-state index in [0.717, 1.165) is 43.3 Å². The molecule has 1 rings (SSSR count). The van der Waals surface area contributed by atoms with Gasteiger partial charge in [0.25, 0.3) is 0 Å². The number of hydrogen-bond donors (Lipinski definition) is 1. The minimum atomic E-state index is -0.450. The van der Waals surface area contributed by atoms with E-state index in [1.54, 1.807) is 0 Å². The predicted octanol–water partition coefficient (Wildman–Crippen LogP) is 5.28. The lowest BCUT2D eigenvalue weighted by Gasteiger charge is -2.18. The number of allylic oxidation sites excluding steroid dienone is 5. The SMILES string of the molecule is C=C(C)[C@@H]1C/C=C(/COC(C)=O)CC[C@@H](O)/C(C)=C\C/C=C(\C)CC1. The molecule has 25 heavy (non-hydrogen) atoms. The number of aliphatic hydroxyl groups is 1. The Labute approximate surface area is 153 Å². The largest absolute Gasteiger partial charge is 0.461 e. The number of ether oxygens (including phenoxy) is 1. The van der Waals surface area contributed by atoms with E-state index in [2.05, 4.69) is 38.7 Å². The number of esters is 1. The first-order valence-corrected chi connectivity index (χ1v) is 9.26. The van der Waals surface area contributed by atoms with Gasteiger partial charge in [-0.25, -0.2) is 0 Å². The maximum Gasteiger partial charge on any atom is 0.302 e. The van der Waals surface area contributed by atoms with E-state index >= 15 is 0 Å². The van der Waals surface area contributed by atoms with E-state index in [9.17, 15) is 9.90 Å². The van der Waals surface area contributed by atoms with Gasteiger partial charge in [-0.3, -0.25) is 4.79 Å². The van der Waals surface area contributed by atoms with Crippen LogP contribution in [-0.4, -0.2) is 23.8 Å². The summed E-state index contributed by atoms with van der Waals surface area (Å²) < 4.78 is 5.19. The zero-order chi connectivity index (χ0) is 18.8. The molecule has 140 valence electrons. The molecule has 0 heterocycles. The third-order valence-electron chi connectivity index (χ3n) is 4.91. The molecule has 0 aliphatic heterocycles. The average Bonchev–Trinajstić information content (AvgIpc) is 2.54. The lowest BCUT2D eigenvalue weighted by molar-refractivity contribution is -0.140. The molecule has 0 fully saturated rings. The first-order valence-electron chi connectivity index (χ1n) is 9.26. The summed E-state index contributed by atoms with van der Waals surface area (Å²) in [5, 5.41) is 10.4. The Morgan fingerprint density at radius 3 is 2.56 bits per heavy atom. The Hall–Kier alpha value is -1.61. The number of hydrogen-bond acceptors (Lipinski definition) is 3. The molecule has 1 N–H and O–H groups in total. The highest BCUT2D eigenvalue weighted by molar-refractivity contribution is 5.66. The zero-order valence-electron chi connectivity index (χ0n) is 16.3. The van der Waals surface area contributed by atoms with Crippen LogP contribution < -0.4 is 0 Å². The van der Waals surface area contributed by atoms with Gasteiger partial charge in [0.15, 0.2) is 0 Å². The van der Waals surface area contributed by atoms with Crippen molar-refractivity contribution in [1.82, 2.24) is 0 Å². The number of aliphatic hydroxyl groups excluding tert-OH is 1. The van der Waals surface area contributed by atoms with Crippen LogP contribution in [0.4, 0.5) is 0 Å². The fourth-order valence-corrected chi connectivity index (χ4v) is 2.94. The maximum atomic E-state index is 11.1. The highest BCUT2D eigenvalue weighted by atomic mass is 16.5. The smallest absolute Gasteiger partial charge is 0.302 e. The standard InChI is InChI=1S/C22H34O3/c1-16(2)21-12-9-17(3)7-6-8-18(4)22(24)14-11-20(10-13-21)15-25-19(5)23/h7-8,10,21-22,24H,1,6,9,11-15H2,2-5H3/b17-7+,18-8-,20-10+/t21-,22+/m0/s1. The molecule has 3 nitrogen and oxygen atoms in total. The molecule has 0 spiro atoms. The van der Waals surface area contributed by atoms with Crippen LogP contribution in [0.1, 0.15) is 66.2 Å². The second kappa shape index (κ2) is 11.1. The summed E-state index contributed by atoms with van der Waals surface area (Å²) in [6, 6.07) is 0. The molecular formula is C22H34O3. The molecule has 1 aliphatic rings. The van der Waals surface area contributed by atoms with E-state index in [1.807, 2.05) is 6.92 Å². The van der Waals surface area contributed by atoms with Gasteiger partial charge >= 0.3 is 5.97 Å². The van der Waals surface area contributed by atoms with Crippen molar-refractivity contribution >= 4 is 5.97 Å². The maximum absolute atomic E-state index is 11.1. The summed E-state index contributed by atoms with van der Waals surface area (Å²) in [5.41, 5.74) is 4.66. The summed E-state index contributed by atoms with van der Waals surface area (Å²) in [6.45, 7) is 12.1. The lowest BCUT2D eigenvalue weighted by atomic mass is 9.89. The lowest BCUT2D eigenvalue weighted by Crippen LogP contribution is -2.11. The molecule has 0 unspecified atom stereocenters. The third-order valence-corrected chi connectivity index (χ3v) is 4.91. The van der Waals surface area contributed by atoms with Crippen LogP contribution in [0.25, 0.3) is 0 Å². The highest BCUT2D eigenvalue weighted by Gasteiger charge is 2.12. The minimum absolute atomic E-state index is 0.269. The molecule has 0 radical (unpaired) electrons. The molecule has 0 aromatic rings. The van der Waals surface area contributed by atoms with Gasteiger partial charge in [-0.15, -0.1) is 0 Å². The van der Waals surface area contributed by atoms with Crippen LogP contribution in [0.2, 0.25) is 0 Å². The van der Waals surface area contributed by atoms with Crippen molar-refractivity contribution < 1.29 is 14.6 Å². The van der Waals surface area contributed by atoms with Gasteiger partial charge in [0.2, 0.25) is 0 Å². The molecular weight excluding hydrogens is 312 g/mol. The van der Waals surface area contributed by atoms with Crippen molar-refractivity contribution in [2.45, 2.75) is 72.3 Å². The van der Waals surface area contributed by atoms with E-state index in [1.165, 1.54) is 18.1 Å². The quantitative estimate of drug-likeness (QED) is 0.559. The Bertz CT molecular complexity index is 552. The molecule has 3 heteroatoms. The van der Waals surface area contributed by atoms with E-state index in [4.69, 9.17) is 4.74 Å². The van der Waals surface area contributed by atoms with Gasteiger partial charge in [0.1, 0.15) is 6.61 Å². The van der Waals surface area contributed by atoms with Crippen LogP contribution in [0.5, 0.6) is 0 Å². The van der Waals surface area contributed by atoms with Crippen molar-refractivity contribution in [2.24, 2.45) is 5.92 Å². The molecule has 0 saturated carbocycles. The Morgan fingerprint density at radius 1 is 1.20 bits per heavy atom. The monoisotopic (exact) mass is 346 g/mol. The van der Waals surface area contributed by atoms with Gasteiger partial charge < -0.3 is 9.84 Å². The second-order valence-electron chi connectivity index (χ2n) is 7.25. The molecule has 1 aliphatic carbocycles. The normalized spacial score (nSPS) is 29.9. The van der Waals surface area contributed by atoms with Gasteiger partial charge in [0, 0.05) is 6.92 Å². The van der Waals surface area contributed by atoms with Crippen LogP contribution >= 0.6 is 0 Å². The summed E-state index contributed by atoms with van der Waals surface area (Å²) in [5.74, 6) is 0.162. The second-order valence-corrected chi connectivity index (χ2v) is 7.25. The minimum Gasteiger partial charge on any atom is -0.461 e. The van der Waals surface area contributed by atoms with Crippen LogP contribution in [0.15, 0.2) is 47.1 Å². The number of carbonyl (C=O) groups excluding carboxylic acids is 1. The molecule has 0 bridgehead atoms. The van der Waals surface area contributed by atoms with Crippen molar-refractivity contribution in [3.63, 3.8) is 0 Å². The van der Waals surface area contributed by atoms with Crippen molar-refractivity contribution in [2.75, 3.05) is 6.61 Å². The van der Waals surface area contributed by atoms with Gasteiger partial charge in [-0.05, 0) is 76.4 Å². The molecule has 0 saturated heterocycles. The van der Waals surface area contributed by atoms with E-state index in [0.29, 0.717) is 18.9 Å². The number of rotatable bonds is 3. The van der Waals surface area contributed by atoms with E-state index < -0.39 is 6.10 Å². The molecule has 2 atom stereocenters. The first-order chi connectivity index (χ1) is 11.8. The van der Waals surface area contributed by atoms with Gasteiger partial charge in [-0.2, -0.15) is 0 Å². The molecule has 0 aromatic heterocycles. The van der Waals surface area contributed by atoms with Gasteiger partial charge in [-0.1, -0.05) is 36.0 Å². The van der Waals surface area contributed by atoms with Crippen molar-refractivity contribution in [3.05, 3.63) is 47.1 Å². The van der Waals surface area contributed by atoms with Gasteiger partial charge in [0.05, 0.1) is 6.10 Å². The Balaban J connectivity index is 2.96. The summed E-state index contributed by atoms with van der Waals surface area (Å²) in [7, 11) is 0. The van der Waals surface area contributed by atoms with Crippen molar-refractivity contribution in [3.8, 4) is 0 Å². The fraction of sp³-hybridized carbons (Fsp3) is 0.591. The topological polar surface area (TPSA) is 46.5 Å². The summed E-state index contributed by atoms with van der Waals surface area (Å²) in [6.07, 6.45) is 11.4.